The Hall–Kier alpha value is -2.88. The number of rotatable bonds is 8. The van der Waals surface area contributed by atoms with Crippen molar-refractivity contribution in [3.63, 3.8) is 0 Å². The molecule has 1 amide bonds. The zero-order valence-corrected chi connectivity index (χ0v) is 17.0. The van der Waals surface area contributed by atoms with Crippen LogP contribution in [0.2, 0.25) is 0 Å². The number of nitrogens with zero attached hydrogens (tertiary/aromatic N) is 1. The van der Waals surface area contributed by atoms with Gasteiger partial charge in [-0.3, -0.25) is 4.79 Å². The van der Waals surface area contributed by atoms with Crippen molar-refractivity contribution in [3.05, 3.63) is 64.9 Å². The van der Waals surface area contributed by atoms with Crippen LogP contribution in [0.5, 0.6) is 0 Å². The second kappa shape index (κ2) is 9.29. The van der Waals surface area contributed by atoms with Crippen LogP contribution in [0.25, 0.3) is 10.4 Å². The van der Waals surface area contributed by atoms with Crippen molar-refractivity contribution in [3.8, 4) is 10.4 Å². The molecule has 0 saturated heterocycles. The summed E-state index contributed by atoms with van der Waals surface area (Å²) in [4.78, 5) is 16.4. The molecule has 0 radical (unpaired) electrons. The highest BCUT2D eigenvalue weighted by Crippen LogP contribution is 2.39. The van der Waals surface area contributed by atoms with Gasteiger partial charge in [-0.2, -0.15) is 0 Å². The molecule has 2 heterocycles. The number of primary amides is 1. The molecule has 1 aromatic carbocycles. The fraction of sp³-hybridized carbons (Fsp3) is 0.238. The third-order valence-electron chi connectivity index (χ3n) is 4.50. The molecule has 0 aliphatic heterocycles. The van der Waals surface area contributed by atoms with E-state index in [2.05, 4.69) is 10.3 Å². The van der Waals surface area contributed by atoms with Crippen LogP contribution in [0.1, 0.15) is 41.1 Å². The SMILES string of the molecule is CCC(O)c1cc(F)c(-c2cc(C(N)=O)c(Nc3cccc(CCO)n3)s2)c(F)c1. The Morgan fingerprint density at radius 1 is 1.27 bits per heavy atom. The average Bonchev–Trinajstić information content (AvgIpc) is 3.10. The van der Waals surface area contributed by atoms with Crippen LogP contribution in [0.15, 0.2) is 36.4 Å². The van der Waals surface area contributed by atoms with E-state index in [0.29, 0.717) is 29.4 Å². The number of aliphatic hydroxyl groups is 2. The second-order valence-electron chi connectivity index (χ2n) is 6.61. The van der Waals surface area contributed by atoms with Gasteiger partial charge < -0.3 is 21.3 Å². The lowest BCUT2D eigenvalue weighted by atomic mass is 10.0. The topological polar surface area (TPSA) is 108 Å². The van der Waals surface area contributed by atoms with E-state index >= 15 is 0 Å². The van der Waals surface area contributed by atoms with Crippen molar-refractivity contribution >= 4 is 28.1 Å². The van der Waals surface area contributed by atoms with E-state index in [0.717, 1.165) is 23.5 Å². The highest BCUT2D eigenvalue weighted by atomic mass is 32.1. The zero-order chi connectivity index (χ0) is 21.8. The van der Waals surface area contributed by atoms with Crippen molar-refractivity contribution in [1.82, 2.24) is 4.98 Å². The van der Waals surface area contributed by atoms with Crippen LogP contribution in [0.3, 0.4) is 0 Å². The normalized spacial score (nSPS) is 12.0. The fourth-order valence-electron chi connectivity index (χ4n) is 2.97. The number of hydrogen-bond acceptors (Lipinski definition) is 6. The van der Waals surface area contributed by atoms with Gasteiger partial charge in [0.2, 0.25) is 0 Å². The summed E-state index contributed by atoms with van der Waals surface area (Å²) < 4.78 is 29.4. The highest BCUT2D eigenvalue weighted by molar-refractivity contribution is 7.20. The van der Waals surface area contributed by atoms with E-state index in [-0.39, 0.29) is 28.2 Å². The molecule has 0 bridgehead atoms. The van der Waals surface area contributed by atoms with E-state index in [1.54, 1.807) is 25.1 Å². The quantitative estimate of drug-likeness (QED) is 0.431. The molecule has 0 spiro atoms. The van der Waals surface area contributed by atoms with Crippen molar-refractivity contribution in [2.24, 2.45) is 5.73 Å². The van der Waals surface area contributed by atoms with Gasteiger partial charge in [-0.1, -0.05) is 13.0 Å². The summed E-state index contributed by atoms with van der Waals surface area (Å²) in [6, 6.07) is 8.63. The predicted octanol–water partition coefficient (Wildman–Crippen LogP) is 3.91. The van der Waals surface area contributed by atoms with Gasteiger partial charge in [0, 0.05) is 23.6 Å². The molecule has 30 heavy (non-hydrogen) atoms. The maximum absolute atomic E-state index is 14.7. The Morgan fingerprint density at radius 2 is 1.97 bits per heavy atom. The summed E-state index contributed by atoms with van der Waals surface area (Å²) in [5.74, 6) is -2.04. The second-order valence-corrected chi connectivity index (χ2v) is 7.67. The first-order valence-electron chi connectivity index (χ1n) is 9.28. The molecule has 2 aromatic heterocycles. The average molecular weight is 433 g/mol. The van der Waals surface area contributed by atoms with Crippen molar-refractivity contribution in [1.29, 1.82) is 0 Å². The van der Waals surface area contributed by atoms with Gasteiger partial charge in [0.05, 0.1) is 17.2 Å². The molecular formula is C21H21F2N3O3S. The first-order chi connectivity index (χ1) is 14.3. The highest BCUT2D eigenvalue weighted by Gasteiger charge is 2.22. The summed E-state index contributed by atoms with van der Waals surface area (Å²) in [6.07, 6.45) is -0.290. The number of nitrogens with two attached hydrogens (primary N) is 1. The predicted molar refractivity (Wildman–Crippen MR) is 112 cm³/mol. The third kappa shape index (κ3) is 4.64. The van der Waals surface area contributed by atoms with Gasteiger partial charge in [-0.25, -0.2) is 13.8 Å². The van der Waals surface area contributed by atoms with Crippen LogP contribution in [0, 0.1) is 11.6 Å². The number of carbonyl (C=O) groups is 1. The minimum atomic E-state index is -0.970. The third-order valence-corrected chi connectivity index (χ3v) is 5.56. The van der Waals surface area contributed by atoms with E-state index in [1.165, 1.54) is 6.07 Å². The first kappa shape index (κ1) is 21.8. The van der Waals surface area contributed by atoms with E-state index in [9.17, 15) is 18.7 Å². The number of benzene rings is 1. The number of anilines is 2. The monoisotopic (exact) mass is 433 g/mol. The van der Waals surface area contributed by atoms with Crippen LogP contribution < -0.4 is 11.1 Å². The van der Waals surface area contributed by atoms with Crippen molar-refractivity contribution in [2.45, 2.75) is 25.9 Å². The Morgan fingerprint density at radius 3 is 2.57 bits per heavy atom. The Bertz CT molecular complexity index is 1050. The van der Waals surface area contributed by atoms with Crippen LogP contribution in [-0.2, 0) is 6.42 Å². The number of aromatic nitrogens is 1. The number of amides is 1. The molecule has 9 heteroatoms. The van der Waals surface area contributed by atoms with Gasteiger partial charge >= 0.3 is 0 Å². The Labute approximate surface area is 176 Å². The lowest BCUT2D eigenvalue weighted by molar-refractivity contribution is 0.100. The standard InChI is InChI=1S/C21H21F2N3O3S/c1-2-16(28)11-8-14(22)19(15(23)9-11)17-10-13(20(24)29)21(30-17)26-18-5-3-4-12(25-18)6-7-27/h3-5,8-10,16,27-28H,2,6-7H2,1H3,(H2,24,29)(H,25,26). The number of halogens is 2. The van der Waals surface area contributed by atoms with Crippen LogP contribution in [0.4, 0.5) is 19.6 Å². The fourth-order valence-corrected chi connectivity index (χ4v) is 4.08. The van der Waals surface area contributed by atoms with Gasteiger partial charge in [-0.15, -0.1) is 11.3 Å². The largest absolute Gasteiger partial charge is 0.396 e. The van der Waals surface area contributed by atoms with Crippen molar-refractivity contribution in [2.75, 3.05) is 11.9 Å². The lowest BCUT2D eigenvalue weighted by Gasteiger charge is -2.11. The first-order valence-corrected chi connectivity index (χ1v) is 10.1. The molecule has 3 aromatic rings. The van der Waals surface area contributed by atoms with Gasteiger partial charge in [0.15, 0.2) is 0 Å². The Balaban J connectivity index is 2.01. The van der Waals surface area contributed by atoms with Gasteiger partial charge in [0.1, 0.15) is 22.5 Å². The molecule has 5 N–H and O–H groups in total. The number of nitrogens with one attached hydrogen (secondary N) is 1. The smallest absolute Gasteiger partial charge is 0.251 e. The van der Waals surface area contributed by atoms with Gasteiger partial charge in [0.25, 0.3) is 5.91 Å². The minimum absolute atomic E-state index is 0.0621. The summed E-state index contributed by atoms with van der Waals surface area (Å²) in [5, 5.41) is 22.2. The maximum Gasteiger partial charge on any atom is 0.251 e. The number of hydrogen-bond donors (Lipinski definition) is 4. The maximum atomic E-state index is 14.7. The summed E-state index contributed by atoms with van der Waals surface area (Å²) in [6.45, 7) is 1.64. The number of thiophene rings is 1. The minimum Gasteiger partial charge on any atom is -0.396 e. The zero-order valence-electron chi connectivity index (χ0n) is 16.2. The molecule has 0 fully saturated rings. The molecule has 0 aliphatic carbocycles. The van der Waals surface area contributed by atoms with Crippen molar-refractivity contribution < 1.29 is 23.8 Å². The summed E-state index contributed by atoms with van der Waals surface area (Å²) in [5.41, 5.74) is 6.00. The molecule has 1 atom stereocenters. The molecular weight excluding hydrogens is 412 g/mol. The van der Waals surface area contributed by atoms with E-state index < -0.39 is 23.6 Å². The molecule has 158 valence electrons. The Kier molecular flexibility index (Phi) is 6.76. The molecule has 6 nitrogen and oxygen atoms in total. The number of pyridine rings is 1. The van der Waals surface area contributed by atoms with Crippen LogP contribution in [-0.4, -0.2) is 27.7 Å². The molecule has 0 saturated carbocycles. The summed E-state index contributed by atoms with van der Waals surface area (Å²) in [7, 11) is 0. The molecule has 0 aliphatic rings. The van der Waals surface area contributed by atoms with Gasteiger partial charge in [-0.05, 0) is 42.3 Å². The van der Waals surface area contributed by atoms with E-state index in [1.807, 2.05) is 0 Å². The lowest BCUT2D eigenvalue weighted by Crippen LogP contribution is -2.11. The number of carbonyl (C=O) groups excluding carboxylic acids is 1. The van der Waals surface area contributed by atoms with Crippen LogP contribution >= 0.6 is 11.3 Å². The molecule has 1 unspecified atom stereocenters. The summed E-state index contributed by atoms with van der Waals surface area (Å²) >= 11 is 0.959. The molecule has 3 rings (SSSR count). The number of aliphatic hydroxyl groups excluding tert-OH is 2. The van der Waals surface area contributed by atoms with E-state index in [4.69, 9.17) is 10.8 Å².